The Balaban J connectivity index is 2.12. The van der Waals surface area contributed by atoms with E-state index >= 15 is 0 Å². The van der Waals surface area contributed by atoms with Gasteiger partial charge in [0.25, 0.3) is 5.91 Å². The van der Waals surface area contributed by atoms with Crippen LogP contribution in [0.2, 0.25) is 4.34 Å². The van der Waals surface area contributed by atoms with E-state index in [4.69, 9.17) is 25.5 Å². The van der Waals surface area contributed by atoms with Gasteiger partial charge >= 0.3 is 11.9 Å². The van der Waals surface area contributed by atoms with Crippen LogP contribution in [0, 0.1) is 6.92 Å². The number of halogens is 1. The summed E-state index contributed by atoms with van der Waals surface area (Å²) in [6, 6.07) is 3.00. The highest BCUT2D eigenvalue weighted by atomic mass is 35.5. The highest BCUT2D eigenvalue weighted by Gasteiger charge is 2.29. The Morgan fingerprint density at radius 3 is 2.41 bits per heavy atom. The number of nitrogens with one attached hydrogen (secondary N) is 1. The number of carbonyl (C=O) groups excluding carboxylic acids is 4. The summed E-state index contributed by atoms with van der Waals surface area (Å²) >= 11 is 6.75. The Hall–Kier alpha value is -2.65. The van der Waals surface area contributed by atoms with E-state index in [0.29, 0.717) is 4.34 Å². The van der Waals surface area contributed by atoms with Crippen molar-refractivity contribution in [2.75, 3.05) is 18.5 Å². The van der Waals surface area contributed by atoms with Crippen LogP contribution in [-0.4, -0.2) is 36.8 Å². The molecule has 0 atom stereocenters. The summed E-state index contributed by atoms with van der Waals surface area (Å²) in [6.07, 6.45) is 0. The molecule has 0 aliphatic heterocycles. The first-order valence-electron chi connectivity index (χ1n) is 7.78. The molecule has 8 nitrogen and oxygen atoms in total. The summed E-state index contributed by atoms with van der Waals surface area (Å²) in [5.41, 5.74) is -0.152. The molecule has 1 amide bonds. The molecule has 2 heterocycles. The van der Waals surface area contributed by atoms with Gasteiger partial charge in [0, 0.05) is 0 Å². The van der Waals surface area contributed by atoms with Crippen LogP contribution in [0.4, 0.5) is 5.88 Å². The van der Waals surface area contributed by atoms with Crippen molar-refractivity contribution in [1.82, 2.24) is 0 Å². The number of ketones is 1. The van der Waals surface area contributed by atoms with Crippen LogP contribution in [0.15, 0.2) is 16.5 Å². The molecule has 144 valence electrons. The molecule has 0 aliphatic rings. The van der Waals surface area contributed by atoms with Gasteiger partial charge < -0.3 is 13.9 Å². The Morgan fingerprint density at radius 2 is 1.85 bits per heavy atom. The number of carbonyl (C=O) groups is 4. The lowest BCUT2D eigenvalue weighted by Crippen LogP contribution is -2.22. The number of rotatable bonds is 7. The number of hydrogen-bond acceptors (Lipinski definition) is 8. The Morgan fingerprint density at radius 1 is 1.15 bits per heavy atom. The molecule has 0 saturated heterocycles. The second kappa shape index (κ2) is 8.83. The fraction of sp³-hybridized carbons (Fsp3) is 0.294. The number of amides is 1. The number of anilines is 1. The molecular formula is C17H16ClNO7S. The van der Waals surface area contributed by atoms with Gasteiger partial charge in [0.05, 0.1) is 16.5 Å². The average molecular weight is 414 g/mol. The minimum Gasteiger partial charge on any atom is -0.462 e. The molecule has 1 N–H and O–H groups in total. The molecule has 0 radical (unpaired) electrons. The van der Waals surface area contributed by atoms with E-state index in [-0.39, 0.29) is 34.3 Å². The highest BCUT2D eigenvalue weighted by Crippen LogP contribution is 2.28. The van der Waals surface area contributed by atoms with E-state index in [2.05, 4.69) is 5.32 Å². The Bertz CT molecular complexity index is 899. The molecule has 2 aromatic heterocycles. The van der Waals surface area contributed by atoms with E-state index < -0.39 is 30.2 Å². The molecule has 2 aromatic rings. The van der Waals surface area contributed by atoms with E-state index in [1.165, 1.54) is 26.0 Å². The smallest absolute Gasteiger partial charge is 0.348 e. The van der Waals surface area contributed by atoms with Gasteiger partial charge in [0.15, 0.2) is 12.4 Å². The summed E-state index contributed by atoms with van der Waals surface area (Å²) in [5.74, 6) is -2.77. The van der Waals surface area contributed by atoms with Gasteiger partial charge in [0.1, 0.15) is 16.2 Å². The third-order valence-electron chi connectivity index (χ3n) is 3.28. The summed E-state index contributed by atoms with van der Waals surface area (Å²) in [6.45, 7) is 3.81. The minimum atomic E-state index is -0.805. The third kappa shape index (κ3) is 4.95. The zero-order valence-electron chi connectivity index (χ0n) is 14.7. The van der Waals surface area contributed by atoms with Crippen molar-refractivity contribution < 1.29 is 33.1 Å². The van der Waals surface area contributed by atoms with Crippen LogP contribution in [0.5, 0.6) is 0 Å². The fourth-order valence-electron chi connectivity index (χ4n) is 2.24. The van der Waals surface area contributed by atoms with Crippen molar-refractivity contribution in [3.05, 3.63) is 38.2 Å². The first kappa shape index (κ1) is 20.7. The molecule has 0 aromatic carbocycles. The number of ether oxygens (including phenoxy) is 2. The normalized spacial score (nSPS) is 10.4. The van der Waals surface area contributed by atoms with E-state index in [0.717, 1.165) is 11.3 Å². The van der Waals surface area contributed by atoms with Gasteiger partial charge in [-0.25, -0.2) is 9.59 Å². The minimum absolute atomic E-state index is 0.0222. The third-order valence-corrected chi connectivity index (χ3v) is 4.49. The molecule has 27 heavy (non-hydrogen) atoms. The summed E-state index contributed by atoms with van der Waals surface area (Å²) in [4.78, 5) is 48.1. The molecule has 0 spiro atoms. The molecule has 0 unspecified atom stereocenters. The largest absolute Gasteiger partial charge is 0.462 e. The van der Waals surface area contributed by atoms with Crippen molar-refractivity contribution in [3.8, 4) is 0 Å². The second-order valence-electron chi connectivity index (χ2n) is 5.24. The average Bonchev–Trinajstić information content (AvgIpc) is 3.16. The van der Waals surface area contributed by atoms with Gasteiger partial charge in [-0.3, -0.25) is 14.9 Å². The van der Waals surface area contributed by atoms with Gasteiger partial charge in [-0.1, -0.05) is 11.6 Å². The lowest BCUT2D eigenvalue weighted by Gasteiger charge is -2.06. The SMILES string of the molecule is CCOC(=O)c1c(NC(=O)COC(=O)c2ccc(Cl)s2)oc(C)c1C(C)=O. The maximum atomic E-state index is 12.2. The lowest BCUT2D eigenvalue weighted by atomic mass is 10.1. The second-order valence-corrected chi connectivity index (χ2v) is 6.96. The van der Waals surface area contributed by atoms with Crippen LogP contribution in [0.3, 0.4) is 0 Å². The first-order chi connectivity index (χ1) is 12.7. The predicted octanol–water partition coefficient (Wildman–Crippen LogP) is 3.48. The van der Waals surface area contributed by atoms with E-state index in [1.807, 2.05) is 0 Å². The van der Waals surface area contributed by atoms with Crippen molar-refractivity contribution >= 4 is 52.5 Å². The van der Waals surface area contributed by atoms with Gasteiger partial charge in [0.2, 0.25) is 5.88 Å². The highest BCUT2D eigenvalue weighted by molar-refractivity contribution is 7.17. The number of Topliss-reactive ketones (excluding diaryl/α,β-unsaturated/α-hetero) is 1. The molecule has 0 fully saturated rings. The molecule has 0 aliphatic carbocycles. The molecule has 10 heteroatoms. The zero-order valence-corrected chi connectivity index (χ0v) is 16.3. The fourth-order valence-corrected chi connectivity index (χ4v) is 3.18. The van der Waals surface area contributed by atoms with Crippen molar-refractivity contribution in [1.29, 1.82) is 0 Å². The molecule has 0 bridgehead atoms. The van der Waals surface area contributed by atoms with Crippen LogP contribution >= 0.6 is 22.9 Å². The number of aryl methyl sites for hydroxylation is 1. The molecular weight excluding hydrogens is 398 g/mol. The van der Waals surface area contributed by atoms with Crippen molar-refractivity contribution in [2.24, 2.45) is 0 Å². The Labute approximate surface area is 163 Å². The first-order valence-corrected chi connectivity index (χ1v) is 8.97. The van der Waals surface area contributed by atoms with E-state index in [1.54, 1.807) is 6.92 Å². The predicted molar refractivity (Wildman–Crippen MR) is 97.6 cm³/mol. The topological polar surface area (TPSA) is 112 Å². The van der Waals surface area contributed by atoms with Crippen LogP contribution in [0.1, 0.15) is 50.0 Å². The van der Waals surface area contributed by atoms with Gasteiger partial charge in [-0.15, -0.1) is 11.3 Å². The van der Waals surface area contributed by atoms with Crippen LogP contribution in [0.25, 0.3) is 0 Å². The Kier molecular flexibility index (Phi) is 6.75. The standard InChI is InChI=1S/C17H16ClNO7S/c1-4-24-17(23)14-13(8(2)20)9(3)26-15(14)19-12(21)7-25-16(22)10-5-6-11(18)27-10/h5-6H,4,7H2,1-3H3,(H,19,21). The number of thiophene rings is 1. The maximum Gasteiger partial charge on any atom is 0.348 e. The number of esters is 2. The van der Waals surface area contributed by atoms with Crippen LogP contribution in [-0.2, 0) is 14.3 Å². The maximum absolute atomic E-state index is 12.2. The monoisotopic (exact) mass is 413 g/mol. The quantitative estimate of drug-likeness (QED) is 0.546. The summed E-state index contributed by atoms with van der Waals surface area (Å²) in [5, 5.41) is 2.32. The van der Waals surface area contributed by atoms with Crippen LogP contribution < -0.4 is 5.32 Å². The van der Waals surface area contributed by atoms with Crippen molar-refractivity contribution in [3.63, 3.8) is 0 Å². The lowest BCUT2D eigenvalue weighted by molar-refractivity contribution is -0.119. The summed E-state index contributed by atoms with van der Waals surface area (Å²) < 4.78 is 15.5. The molecule has 0 saturated carbocycles. The number of hydrogen-bond donors (Lipinski definition) is 1. The van der Waals surface area contributed by atoms with Gasteiger partial charge in [-0.05, 0) is 32.9 Å². The van der Waals surface area contributed by atoms with E-state index in [9.17, 15) is 19.2 Å². The van der Waals surface area contributed by atoms with Crippen molar-refractivity contribution in [2.45, 2.75) is 20.8 Å². The van der Waals surface area contributed by atoms with Gasteiger partial charge in [-0.2, -0.15) is 0 Å². The molecule has 2 rings (SSSR count). The number of furan rings is 1. The summed E-state index contributed by atoms with van der Waals surface area (Å²) in [7, 11) is 0. The zero-order chi connectivity index (χ0) is 20.1.